The van der Waals surface area contributed by atoms with E-state index in [1.165, 1.54) is 0 Å². The summed E-state index contributed by atoms with van der Waals surface area (Å²) in [5.41, 5.74) is 0. The Labute approximate surface area is 84.5 Å². The smallest absolute Gasteiger partial charge is 0.135 e. The summed E-state index contributed by atoms with van der Waals surface area (Å²) in [6, 6.07) is 0. The zero-order valence-electron chi connectivity index (χ0n) is 8.48. The second kappa shape index (κ2) is 3.83. The van der Waals surface area contributed by atoms with Gasteiger partial charge in [-0.15, -0.1) is 22.5 Å². The summed E-state index contributed by atoms with van der Waals surface area (Å²) in [5.74, 6) is 5.00. The van der Waals surface area contributed by atoms with Crippen molar-refractivity contribution in [2.45, 2.75) is 31.6 Å². The molecule has 3 heteroatoms. The lowest BCUT2D eigenvalue weighted by molar-refractivity contribution is 0.369. The van der Waals surface area contributed by atoms with Gasteiger partial charge in [-0.05, 0) is 25.7 Å². The summed E-state index contributed by atoms with van der Waals surface area (Å²) < 4.78 is 2.01. The van der Waals surface area contributed by atoms with Crippen LogP contribution < -0.4 is 0 Å². The van der Waals surface area contributed by atoms with E-state index in [2.05, 4.69) is 16.1 Å². The molecule has 1 heterocycles. The van der Waals surface area contributed by atoms with Crippen LogP contribution >= 0.6 is 0 Å². The lowest BCUT2D eigenvalue weighted by atomic mass is 9.82. The lowest BCUT2D eigenvalue weighted by Gasteiger charge is -2.24. The van der Waals surface area contributed by atoms with Crippen LogP contribution in [0.5, 0.6) is 0 Å². The van der Waals surface area contributed by atoms with Crippen molar-refractivity contribution in [1.82, 2.24) is 14.8 Å². The molecule has 1 aromatic heterocycles. The fourth-order valence-electron chi connectivity index (χ4n) is 2.18. The van der Waals surface area contributed by atoms with E-state index in [1.54, 1.807) is 6.33 Å². The van der Waals surface area contributed by atoms with E-state index in [4.69, 9.17) is 6.42 Å². The second-order valence-corrected chi connectivity index (χ2v) is 4.02. The molecule has 1 aliphatic rings. The van der Waals surface area contributed by atoms with Gasteiger partial charge in [-0.25, -0.2) is 0 Å². The third-order valence-electron chi connectivity index (χ3n) is 3.07. The number of terminal acetylenes is 1. The quantitative estimate of drug-likeness (QED) is 0.630. The predicted octanol–water partition coefficient (Wildman–Crippen LogP) is 1.72. The summed E-state index contributed by atoms with van der Waals surface area (Å²) in [5, 5.41) is 8.06. The molecule has 0 aliphatic heterocycles. The van der Waals surface area contributed by atoms with Gasteiger partial charge in [0.2, 0.25) is 0 Å². The maximum Gasteiger partial charge on any atom is 0.135 e. The summed E-state index contributed by atoms with van der Waals surface area (Å²) in [6.45, 7) is 0. The van der Waals surface area contributed by atoms with E-state index in [1.807, 2.05) is 11.6 Å². The molecule has 0 spiro atoms. The number of rotatable bonds is 1. The normalized spacial score (nSPS) is 27.1. The van der Waals surface area contributed by atoms with Crippen LogP contribution in [0.4, 0.5) is 0 Å². The minimum Gasteiger partial charge on any atom is -0.320 e. The Morgan fingerprint density at radius 2 is 2.14 bits per heavy atom. The van der Waals surface area contributed by atoms with Crippen LogP contribution in [0, 0.1) is 18.3 Å². The number of nitrogens with zero attached hydrogens (tertiary/aromatic N) is 3. The van der Waals surface area contributed by atoms with Gasteiger partial charge in [0.25, 0.3) is 0 Å². The molecular weight excluding hydrogens is 174 g/mol. The molecule has 74 valence electrons. The zero-order chi connectivity index (χ0) is 9.97. The summed E-state index contributed by atoms with van der Waals surface area (Å²) in [7, 11) is 2.00. The summed E-state index contributed by atoms with van der Waals surface area (Å²) in [4.78, 5) is 0. The molecule has 1 fully saturated rings. The summed E-state index contributed by atoms with van der Waals surface area (Å²) >= 11 is 0. The SMILES string of the molecule is C#C[C@H]1CC[C@H](c2nncn2C)CC1. The summed E-state index contributed by atoms with van der Waals surface area (Å²) in [6.07, 6.45) is 11.8. The van der Waals surface area contributed by atoms with E-state index < -0.39 is 0 Å². The van der Waals surface area contributed by atoms with Crippen LogP contribution in [0.3, 0.4) is 0 Å². The Hall–Kier alpha value is -1.30. The van der Waals surface area contributed by atoms with Crippen molar-refractivity contribution in [2.75, 3.05) is 0 Å². The topological polar surface area (TPSA) is 30.7 Å². The predicted molar refractivity (Wildman–Crippen MR) is 54.5 cm³/mol. The van der Waals surface area contributed by atoms with Crippen LogP contribution in [-0.4, -0.2) is 14.8 Å². The van der Waals surface area contributed by atoms with Crippen LogP contribution in [0.25, 0.3) is 0 Å². The Balaban J connectivity index is 2.03. The lowest BCUT2D eigenvalue weighted by Crippen LogP contribution is -2.15. The van der Waals surface area contributed by atoms with Crippen molar-refractivity contribution in [1.29, 1.82) is 0 Å². The maximum absolute atomic E-state index is 5.41. The van der Waals surface area contributed by atoms with Crippen LogP contribution in [0.15, 0.2) is 6.33 Å². The fourth-order valence-corrected chi connectivity index (χ4v) is 2.18. The highest BCUT2D eigenvalue weighted by Crippen LogP contribution is 2.34. The minimum atomic E-state index is 0.486. The maximum atomic E-state index is 5.41. The third kappa shape index (κ3) is 1.65. The van der Waals surface area contributed by atoms with E-state index in [9.17, 15) is 0 Å². The number of aromatic nitrogens is 3. The highest BCUT2D eigenvalue weighted by Gasteiger charge is 2.23. The van der Waals surface area contributed by atoms with Gasteiger partial charge in [-0.1, -0.05) is 0 Å². The monoisotopic (exact) mass is 189 g/mol. The van der Waals surface area contributed by atoms with Crippen molar-refractivity contribution in [3.8, 4) is 12.3 Å². The minimum absolute atomic E-state index is 0.486. The molecule has 0 radical (unpaired) electrons. The first kappa shape index (κ1) is 9.26. The molecule has 0 N–H and O–H groups in total. The van der Waals surface area contributed by atoms with Gasteiger partial charge in [0, 0.05) is 18.9 Å². The molecular formula is C11H15N3. The van der Waals surface area contributed by atoms with E-state index in [-0.39, 0.29) is 0 Å². The molecule has 1 aromatic rings. The van der Waals surface area contributed by atoms with E-state index >= 15 is 0 Å². The molecule has 0 unspecified atom stereocenters. The van der Waals surface area contributed by atoms with Gasteiger partial charge < -0.3 is 4.57 Å². The molecule has 0 amide bonds. The van der Waals surface area contributed by atoms with Gasteiger partial charge in [-0.3, -0.25) is 0 Å². The van der Waals surface area contributed by atoms with Gasteiger partial charge in [-0.2, -0.15) is 0 Å². The van der Waals surface area contributed by atoms with Gasteiger partial charge in [0.05, 0.1) is 0 Å². The second-order valence-electron chi connectivity index (χ2n) is 4.02. The molecule has 1 aliphatic carbocycles. The van der Waals surface area contributed by atoms with Crippen LogP contribution in [0.1, 0.15) is 37.4 Å². The van der Waals surface area contributed by atoms with Crippen molar-refractivity contribution in [3.63, 3.8) is 0 Å². The molecule has 2 rings (SSSR count). The Kier molecular flexibility index (Phi) is 2.53. The van der Waals surface area contributed by atoms with Gasteiger partial charge in [0.15, 0.2) is 0 Å². The van der Waals surface area contributed by atoms with Gasteiger partial charge in [0.1, 0.15) is 12.2 Å². The standard InChI is InChI=1S/C11H15N3/c1-3-9-4-6-10(7-5-9)11-13-12-8-14(11)2/h1,8-10H,4-7H2,2H3/t9-,10-. The highest BCUT2D eigenvalue weighted by molar-refractivity contribution is 5.02. The average molecular weight is 189 g/mol. The molecule has 0 aromatic carbocycles. The molecule has 0 saturated heterocycles. The van der Waals surface area contributed by atoms with Crippen molar-refractivity contribution >= 4 is 0 Å². The Morgan fingerprint density at radius 3 is 2.64 bits per heavy atom. The zero-order valence-corrected chi connectivity index (χ0v) is 8.48. The number of hydrogen-bond acceptors (Lipinski definition) is 2. The van der Waals surface area contributed by atoms with Crippen molar-refractivity contribution in [3.05, 3.63) is 12.2 Å². The third-order valence-corrected chi connectivity index (χ3v) is 3.07. The number of aryl methyl sites for hydroxylation is 1. The van der Waals surface area contributed by atoms with Crippen LogP contribution in [0.2, 0.25) is 0 Å². The highest BCUT2D eigenvalue weighted by atomic mass is 15.2. The molecule has 14 heavy (non-hydrogen) atoms. The fraction of sp³-hybridized carbons (Fsp3) is 0.636. The van der Waals surface area contributed by atoms with E-state index in [0.29, 0.717) is 11.8 Å². The average Bonchev–Trinajstić information content (AvgIpc) is 2.65. The largest absolute Gasteiger partial charge is 0.320 e. The first-order valence-electron chi connectivity index (χ1n) is 5.11. The van der Waals surface area contributed by atoms with E-state index in [0.717, 1.165) is 31.5 Å². The molecule has 1 saturated carbocycles. The Bertz CT molecular complexity index is 340. The molecule has 0 atom stereocenters. The molecule has 3 nitrogen and oxygen atoms in total. The van der Waals surface area contributed by atoms with Crippen LogP contribution in [-0.2, 0) is 7.05 Å². The van der Waals surface area contributed by atoms with Gasteiger partial charge >= 0.3 is 0 Å². The number of hydrogen-bond donors (Lipinski definition) is 0. The first-order chi connectivity index (χ1) is 6.81. The molecule has 0 bridgehead atoms. The van der Waals surface area contributed by atoms with Crippen molar-refractivity contribution < 1.29 is 0 Å². The Morgan fingerprint density at radius 1 is 1.43 bits per heavy atom. The first-order valence-corrected chi connectivity index (χ1v) is 5.11. The van der Waals surface area contributed by atoms with Crippen molar-refractivity contribution in [2.24, 2.45) is 13.0 Å².